The standard InChI is InChI=1S/C24H34N4O/c1-3-20-9-10-22(25-17-20)18-27-12-11-24(29,21-7-5-4-6-8-21)23(19-27)28-15-13-26(2)14-16-28/h4-10,17,23,29H,3,11-16,18-19H2,1-2H3/t23-,24+/m1/s1. The Kier molecular flexibility index (Phi) is 6.30. The van der Waals surface area contributed by atoms with Crippen LogP contribution in [0.1, 0.15) is 30.2 Å². The van der Waals surface area contributed by atoms with Gasteiger partial charge in [0, 0.05) is 52.0 Å². The molecule has 156 valence electrons. The second kappa shape index (κ2) is 8.92. The van der Waals surface area contributed by atoms with E-state index in [0.717, 1.165) is 69.9 Å². The van der Waals surface area contributed by atoms with Gasteiger partial charge in [0.2, 0.25) is 0 Å². The molecule has 0 aliphatic carbocycles. The lowest BCUT2D eigenvalue weighted by atomic mass is 9.79. The second-order valence-corrected chi connectivity index (χ2v) is 8.64. The third kappa shape index (κ3) is 4.53. The van der Waals surface area contributed by atoms with Crippen LogP contribution in [0.15, 0.2) is 48.7 Å². The van der Waals surface area contributed by atoms with Gasteiger partial charge < -0.3 is 10.0 Å². The lowest BCUT2D eigenvalue weighted by Crippen LogP contribution is -2.63. The minimum Gasteiger partial charge on any atom is -0.383 e. The highest BCUT2D eigenvalue weighted by molar-refractivity contribution is 5.26. The van der Waals surface area contributed by atoms with Crippen LogP contribution in [0.25, 0.3) is 0 Å². The van der Waals surface area contributed by atoms with Crippen molar-refractivity contribution in [1.82, 2.24) is 19.7 Å². The fraction of sp³-hybridized carbons (Fsp3) is 0.542. The van der Waals surface area contributed by atoms with Crippen LogP contribution in [0.5, 0.6) is 0 Å². The predicted molar refractivity (Wildman–Crippen MR) is 117 cm³/mol. The van der Waals surface area contributed by atoms with E-state index in [1.54, 1.807) is 0 Å². The molecule has 0 spiro atoms. The van der Waals surface area contributed by atoms with Crippen molar-refractivity contribution in [3.63, 3.8) is 0 Å². The fourth-order valence-electron chi connectivity index (χ4n) is 4.73. The molecule has 1 aromatic heterocycles. The smallest absolute Gasteiger partial charge is 0.108 e. The Bertz CT molecular complexity index is 773. The lowest BCUT2D eigenvalue weighted by Gasteiger charge is -2.51. The Hall–Kier alpha value is -1.79. The normalized spacial score (nSPS) is 27.2. The van der Waals surface area contributed by atoms with Crippen LogP contribution in [0.4, 0.5) is 0 Å². The lowest BCUT2D eigenvalue weighted by molar-refractivity contribution is -0.108. The molecule has 2 aliphatic heterocycles. The van der Waals surface area contributed by atoms with Gasteiger partial charge in [0.25, 0.3) is 0 Å². The maximum Gasteiger partial charge on any atom is 0.108 e. The van der Waals surface area contributed by atoms with E-state index >= 15 is 0 Å². The minimum absolute atomic E-state index is 0.0993. The highest BCUT2D eigenvalue weighted by Gasteiger charge is 2.46. The predicted octanol–water partition coefficient (Wildman–Crippen LogP) is 2.35. The summed E-state index contributed by atoms with van der Waals surface area (Å²) in [5.41, 5.74) is 2.65. The SMILES string of the molecule is CCc1ccc(CN2CC[C@](O)(c3ccccc3)[C@H](N3CCN(C)CC3)C2)nc1. The van der Waals surface area contributed by atoms with Crippen LogP contribution >= 0.6 is 0 Å². The average molecular weight is 395 g/mol. The largest absolute Gasteiger partial charge is 0.383 e. The number of aryl methyl sites for hydroxylation is 1. The number of hydrogen-bond acceptors (Lipinski definition) is 5. The molecule has 5 heteroatoms. The molecule has 2 atom stereocenters. The molecule has 0 amide bonds. The van der Waals surface area contributed by atoms with Gasteiger partial charge in [0.15, 0.2) is 0 Å². The molecule has 1 N–H and O–H groups in total. The van der Waals surface area contributed by atoms with E-state index in [4.69, 9.17) is 0 Å². The summed E-state index contributed by atoms with van der Waals surface area (Å²) in [5, 5.41) is 11.9. The number of piperazine rings is 1. The topological polar surface area (TPSA) is 42.8 Å². The molecule has 2 aromatic rings. The second-order valence-electron chi connectivity index (χ2n) is 8.64. The van der Waals surface area contributed by atoms with Gasteiger partial charge in [-0.2, -0.15) is 0 Å². The number of pyridine rings is 1. The number of rotatable bonds is 5. The first-order valence-corrected chi connectivity index (χ1v) is 10.9. The molecular weight excluding hydrogens is 360 g/mol. The molecule has 4 rings (SSSR count). The van der Waals surface area contributed by atoms with Gasteiger partial charge in [-0.3, -0.25) is 14.8 Å². The summed E-state index contributed by atoms with van der Waals surface area (Å²) in [6.07, 6.45) is 3.77. The Morgan fingerprint density at radius 1 is 1.03 bits per heavy atom. The molecular formula is C24H34N4O. The zero-order valence-corrected chi connectivity index (χ0v) is 17.8. The van der Waals surface area contributed by atoms with Crippen LogP contribution in [-0.4, -0.2) is 77.1 Å². The van der Waals surface area contributed by atoms with E-state index in [-0.39, 0.29) is 6.04 Å². The summed E-state index contributed by atoms with van der Waals surface area (Å²) in [4.78, 5) is 12.0. The van der Waals surface area contributed by atoms with Gasteiger partial charge in [-0.25, -0.2) is 0 Å². The van der Waals surface area contributed by atoms with Crippen molar-refractivity contribution in [2.75, 3.05) is 46.3 Å². The van der Waals surface area contributed by atoms with Gasteiger partial charge in [-0.05, 0) is 37.1 Å². The molecule has 2 aliphatic rings. The molecule has 3 heterocycles. The zero-order chi connectivity index (χ0) is 20.3. The Morgan fingerprint density at radius 2 is 1.79 bits per heavy atom. The highest BCUT2D eigenvalue weighted by Crippen LogP contribution is 2.36. The van der Waals surface area contributed by atoms with Crippen LogP contribution in [-0.2, 0) is 18.6 Å². The molecule has 29 heavy (non-hydrogen) atoms. The summed E-state index contributed by atoms with van der Waals surface area (Å²) in [5.74, 6) is 0. The van der Waals surface area contributed by atoms with Crippen molar-refractivity contribution in [2.24, 2.45) is 0 Å². The molecule has 2 saturated heterocycles. The summed E-state index contributed by atoms with van der Waals surface area (Å²) in [6.45, 7) is 8.88. The molecule has 0 unspecified atom stereocenters. The van der Waals surface area contributed by atoms with E-state index in [1.807, 2.05) is 24.4 Å². The van der Waals surface area contributed by atoms with Crippen molar-refractivity contribution in [1.29, 1.82) is 0 Å². The third-order valence-corrected chi connectivity index (χ3v) is 6.72. The van der Waals surface area contributed by atoms with Gasteiger partial charge in [-0.1, -0.05) is 43.3 Å². The Labute approximate surface area is 175 Å². The average Bonchev–Trinajstić information content (AvgIpc) is 2.77. The van der Waals surface area contributed by atoms with Crippen molar-refractivity contribution >= 4 is 0 Å². The number of benzene rings is 1. The number of hydrogen-bond donors (Lipinski definition) is 1. The van der Waals surface area contributed by atoms with E-state index in [0.29, 0.717) is 0 Å². The minimum atomic E-state index is -0.798. The van der Waals surface area contributed by atoms with Crippen LogP contribution in [0.2, 0.25) is 0 Å². The number of nitrogens with zero attached hydrogens (tertiary/aromatic N) is 4. The molecule has 0 saturated carbocycles. The number of piperidine rings is 1. The maximum absolute atomic E-state index is 11.9. The van der Waals surface area contributed by atoms with E-state index in [1.165, 1.54) is 5.56 Å². The Morgan fingerprint density at radius 3 is 2.45 bits per heavy atom. The summed E-state index contributed by atoms with van der Waals surface area (Å²) < 4.78 is 0. The zero-order valence-electron chi connectivity index (χ0n) is 17.8. The third-order valence-electron chi connectivity index (χ3n) is 6.72. The van der Waals surface area contributed by atoms with Gasteiger partial charge in [0.1, 0.15) is 5.60 Å². The number of aromatic nitrogens is 1. The van der Waals surface area contributed by atoms with Crippen molar-refractivity contribution in [2.45, 2.75) is 38.0 Å². The first-order valence-electron chi connectivity index (χ1n) is 10.9. The monoisotopic (exact) mass is 394 g/mol. The van der Waals surface area contributed by atoms with Crippen molar-refractivity contribution in [3.05, 3.63) is 65.5 Å². The van der Waals surface area contributed by atoms with Crippen molar-refractivity contribution < 1.29 is 5.11 Å². The summed E-state index contributed by atoms with van der Waals surface area (Å²) >= 11 is 0. The van der Waals surface area contributed by atoms with Gasteiger partial charge in [0.05, 0.1) is 11.7 Å². The molecule has 1 aromatic carbocycles. The highest BCUT2D eigenvalue weighted by atomic mass is 16.3. The number of likely N-dealkylation sites (tertiary alicyclic amines) is 1. The van der Waals surface area contributed by atoms with E-state index in [2.05, 4.69) is 57.9 Å². The van der Waals surface area contributed by atoms with Crippen LogP contribution in [0.3, 0.4) is 0 Å². The van der Waals surface area contributed by atoms with Crippen LogP contribution < -0.4 is 0 Å². The van der Waals surface area contributed by atoms with Crippen LogP contribution in [0, 0.1) is 0 Å². The summed E-state index contributed by atoms with van der Waals surface area (Å²) in [7, 11) is 2.18. The van der Waals surface area contributed by atoms with Gasteiger partial charge >= 0.3 is 0 Å². The number of likely N-dealkylation sites (N-methyl/N-ethyl adjacent to an activating group) is 1. The fourth-order valence-corrected chi connectivity index (χ4v) is 4.73. The quantitative estimate of drug-likeness (QED) is 0.843. The Balaban J connectivity index is 1.54. The molecule has 0 radical (unpaired) electrons. The maximum atomic E-state index is 11.9. The van der Waals surface area contributed by atoms with Crippen molar-refractivity contribution in [3.8, 4) is 0 Å². The first kappa shape index (κ1) is 20.5. The summed E-state index contributed by atoms with van der Waals surface area (Å²) in [6, 6.07) is 14.7. The molecule has 2 fully saturated rings. The first-order chi connectivity index (χ1) is 14.1. The molecule has 5 nitrogen and oxygen atoms in total. The van der Waals surface area contributed by atoms with E-state index < -0.39 is 5.60 Å². The van der Waals surface area contributed by atoms with E-state index in [9.17, 15) is 5.11 Å². The number of aliphatic hydroxyl groups is 1. The molecule has 0 bridgehead atoms. The van der Waals surface area contributed by atoms with Gasteiger partial charge in [-0.15, -0.1) is 0 Å².